The largest absolute Gasteiger partial charge is 0.508 e. The normalized spacial score (nSPS) is 10.7. The number of nitrogens with zero attached hydrogens (tertiary/aromatic N) is 3. The van der Waals surface area contributed by atoms with Crippen LogP contribution in [0.1, 0.15) is 22.8 Å². The molecule has 5 aromatic rings. The molecule has 0 saturated heterocycles. The second-order valence-electron chi connectivity index (χ2n) is 9.63. The zero-order valence-corrected chi connectivity index (χ0v) is 24.9. The van der Waals surface area contributed by atoms with Crippen molar-refractivity contribution in [3.63, 3.8) is 0 Å². The Kier molecular flexibility index (Phi) is 9.23. The van der Waals surface area contributed by atoms with Gasteiger partial charge in [-0.15, -0.1) is 0 Å². The molecule has 5 rings (SSSR count). The highest BCUT2D eigenvalue weighted by Gasteiger charge is 2.16. The van der Waals surface area contributed by atoms with Crippen molar-refractivity contribution < 1.29 is 14.7 Å². The minimum atomic E-state index is -0.717. The summed E-state index contributed by atoms with van der Waals surface area (Å²) in [4.78, 5) is 42.5. The van der Waals surface area contributed by atoms with Crippen LogP contribution in [-0.2, 0) is 13.1 Å². The Balaban J connectivity index is 1.38. The number of urea groups is 1. The van der Waals surface area contributed by atoms with E-state index in [-0.39, 0.29) is 39.6 Å². The molecule has 0 spiro atoms. The second kappa shape index (κ2) is 13.4. The molecule has 222 valence electrons. The van der Waals surface area contributed by atoms with E-state index in [1.54, 1.807) is 49.4 Å². The van der Waals surface area contributed by atoms with Gasteiger partial charge in [0.2, 0.25) is 0 Å². The first kappa shape index (κ1) is 30.3. The molecule has 12 heteroatoms. The van der Waals surface area contributed by atoms with Gasteiger partial charge in [0.25, 0.3) is 11.5 Å². The van der Waals surface area contributed by atoms with Gasteiger partial charge < -0.3 is 21.1 Å². The van der Waals surface area contributed by atoms with Gasteiger partial charge in [0.15, 0.2) is 0 Å². The zero-order valence-electron chi connectivity index (χ0n) is 23.3. The van der Waals surface area contributed by atoms with Gasteiger partial charge in [-0.3, -0.25) is 14.6 Å². The Morgan fingerprint density at radius 2 is 1.52 bits per heavy atom. The molecule has 0 atom stereocenters. The number of halogens is 2. The van der Waals surface area contributed by atoms with Crippen LogP contribution in [0, 0.1) is 0 Å². The molecule has 0 saturated carbocycles. The number of benzene rings is 3. The fourth-order valence-corrected chi connectivity index (χ4v) is 4.84. The number of aryl methyl sites for hydroxylation is 1. The van der Waals surface area contributed by atoms with Crippen LogP contribution in [0.4, 0.5) is 16.2 Å². The maximum absolute atomic E-state index is 13.0. The van der Waals surface area contributed by atoms with Gasteiger partial charge in [0, 0.05) is 36.6 Å². The Labute approximate surface area is 262 Å². The topological polar surface area (TPSA) is 138 Å². The molecule has 0 bridgehead atoms. The lowest BCUT2D eigenvalue weighted by Crippen LogP contribution is -2.29. The van der Waals surface area contributed by atoms with Crippen LogP contribution in [0.5, 0.6) is 5.75 Å². The van der Waals surface area contributed by atoms with Crippen molar-refractivity contribution in [2.24, 2.45) is 0 Å². The fraction of sp³-hybridized carbons (Fsp3) is 0.0938. The number of rotatable bonds is 8. The number of amides is 3. The number of aromatic hydroxyl groups is 1. The molecule has 3 aromatic carbocycles. The first-order chi connectivity index (χ1) is 21.2. The molecule has 0 aliphatic rings. The van der Waals surface area contributed by atoms with Gasteiger partial charge in [0.05, 0.1) is 21.4 Å². The highest BCUT2D eigenvalue weighted by molar-refractivity contribution is 6.39. The standard InChI is InChI=1S/C32H26Cl2N6O4/c1-2-40-31(43)28(37-32(44)38-29-25(33)17-35-18-26(29)34)15-27(39-40)22-7-3-5-20(13-22)21-6-4-8-23(14-21)30(42)36-16-19-9-11-24(41)12-10-19/h3-15,17-18,41H,2,16H2,1H3,(H,36,42)(H2,35,37,38,44). The van der Waals surface area contributed by atoms with Crippen molar-refractivity contribution >= 4 is 46.5 Å². The molecule has 2 heterocycles. The van der Waals surface area contributed by atoms with Crippen molar-refractivity contribution in [2.45, 2.75) is 20.0 Å². The molecule has 0 radical (unpaired) electrons. The first-order valence-electron chi connectivity index (χ1n) is 13.5. The summed E-state index contributed by atoms with van der Waals surface area (Å²) in [6, 6.07) is 22.1. The Bertz CT molecular complexity index is 1890. The summed E-state index contributed by atoms with van der Waals surface area (Å²) < 4.78 is 1.25. The van der Waals surface area contributed by atoms with E-state index in [1.807, 2.05) is 30.3 Å². The molecule has 0 fully saturated rings. The molecule has 0 aliphatic carbocycles. The minimum absolute atomic E-state index is 0.00773. The van der Waals surface area contributed by atoms with Crippen molar-refractivity contribution in [1.29, 1.82) is 0 Å². The molecular formula is C32H26Cl2N6O4. The molecule has 10 nitrogen and oxygen atoms in total. The maximum atomic E-state index is 13.0. The average molecular weight is 630 g/mol. The molecule has 2 aromatic heterocycles. The van der Waals surface area contributed by atoms with E-state index >= 15 is 0 Å². The maximum Gasteiger partial charge on any atom is 0.323 e. The molecule has 4 N–H and O–H groups in total. The summed E-state index contributed by atoms with van der Waals surface area (Å²) >= 11 is 12.2. The average Bonchev–Trinajstić information content (AvgIpc) is 3.03. The predicted molar refractivity (Wildman–Crippen MR) is 171 cm³/mol. The molecule has 3 amide bonds. The number of carbonyl (C=O) groups is 2. The Hall–Kier alpha value is -5.19. The third-order valence-electron chi connectivity index (χ3n) is 6.62. The number of carbonyl (C=O) groups excluding carboxylic acids is 2. The zero-order chi connectivity index (χ0) is 31.2. The highest BCUT2D eigenvalue weighted by Crippen LogP contribution is 2.29. The van der Waals surface area contributed by atoms with E-state index in [0.29, 0.717) is 23.4 Å². The van der Waals surface area contributed by atoms with Crippen molar-refractivity contribution in [3.8, 4) is 28.1 Å². The van der Waals surface area contributed by atoms with Gasteiger partial charge in [-0.25, -0.2) is 9.48 Å². The van der Waals surface area contributed by atoms with Gasteiger partial charge in [-0.1, -0.05) is 65.7 Å². The van der Waals surface area contributed by atoms with E-state index in [1.165, 1.54) is 23.1 Å². The monoisotopic (exact) mass is 628 g/mol. The first-order valence-corrected chi connectivity index (χ1v) is 14.2. The third-order valence-corrected chi connectivity index (χ3v) is 7.19. The lowest BCUT2D eigenvalue weighted by Gasteiger charge is -2.13. The number of hydrogen-bond acceptors (Lipinski definition) is 6. The molecular weight excluding hydrogens is 603 g/mol. The quantitative estimate of drug-likeness (QED) is 0.153. The van der Waals surface area contributed by atoms with Crippen LogP contribution in [0.3, 0.4) is 0 Å². The summed E-state index contributed by atoms with van der Waals surface area (Å²) in [5.41, 5.74) is 3.79. The molecule has 0 aliphatic heterocycles. The number of pyridine rings is 1. The number of aromatic nitrogens is 3. The number of nitrogens with one attached hydrogen (secondary N) is 3. The van der Waals surface area contributed by atoms with Crippen molar-refractivity contribution in [2.75, 3.05) is 10.6 Å². The SMILES string of the molecule is CCn1nc(-c2cccc(-c3cccc(C(=O)NCc4ccc(O)cc4)c3)c2)cc(NC(=O)Nc2c(Cl)cncc2Cl)c1=O. The van der Waals surface area contributed by atoms with Gasteiger partial charge in [-0.2, -0.15) is 5.10 Å². The number of anilines is 2. The van der Waals surface area contributed by atoms with E-state index < -0.39 is 11.6 Å². The number of hydrogen-bond donors (Lipinski definition) is 4. The minimum Gasteiger partial charge on any atom is -0.508 e. The van der Waals surface area contributed by atoms with E-state index in [4.69, 9.17) is 23.2 Å². The van der Waals surface area contributed by atoms with E-state index in [2.05, 4.69) is 26.0 Å². The van der Waals surface area contributed by atoms with Gasteiger partial charge >= 0.3 is 6.03 Å². The van der Waals surface area contributed by atoms with Gasteiger partial charge in [0.1, 0.15) is 11.4 Å². The van der Waals surface area contributed by atoms with Gasteiger partial charge in [-0.05, 0) is 60.0 Å². The Morgan fingerprint density at radius 3 is 2.23 bits per heavy atom. The lowest BCUT2D eigenvalue weighted by molar-refractivity contribution is 0.0951. The van der Waals surface area contributed by atoms with Crippen molar-refractivity contribution in [3.05, 3.63) is 123 Å². The van der Waals surface area contributed by atoms with Crippen LogP contribution in [0.2, 0.25) is 10.0 Å². The third kappa shape index (κ3) is 7.05. The summed E-state index contributed by atoms with van der Waals surface area (Å²) in [5.74, 6) is -0.0792. The number of phenolic OH excluding ortho intramolecular Hbond substituents is 1. The van der Waals surface area contributed by atoms with E-state index in [0.717, 1.165) is 16.7 Å². The number of phenols is 1. The van der Waals surface area contributed by atoms with Crippen molar-refractivity contribution in [1.82, 2.24) is 20.1 Å². The molecule has 0 unspecified atom stereocenters. The van der Waals surface area contributed by atoms with E-state index in [9.17, 15) is 19.5 Å². The lowest BCUT2D eigenvalue weighted by atomic mass is 9.99. The van der Waals surface area contributed by atoms with Crippen LogP contribution in [-0.4, -0.2) is 31.8 Å². The Morgan fingerprint density at radius 1 is 0.864 bits per heavy atom. The second-order valence-corrected chi connectivity index (χ2v) is 10.4. The summed E-state index contributed by atoms with van der Waals surface area (Å²) in [6.07, 6.45) is 2.68. The predicted octanol–water partition coefficient (Wildman–Crippen LogP) is 6.58. The fourth-order valence-electron chi connectivity index (χ4n) is 4.38. The van der Waals surface area contributed by atoms with Crippen LogP contribution in [0.15, 0.2) is 96.1 Å². The summed E-state index contributed by atoms with van der Waals surface area (Å²) in [5, 5.41) is 22.2. The van der Waals surface area contributed by atoms with Crippen LogP contribution < -0.4 is 21.5 Å². The molecule has 44 heavy (non-hydrogen) atoms. The van der Waals surface area contributed by atoms with Crippen LogP contribution in [0.25, 0.3) is 22.4 Å². The summed E-state index contributed by atoms with van der Waals surface area (Å²) in [6.45, 7) is 2.35. The summed E-state index contributed by atoms with van der Waals surface area (Å²) in [7, 11) is 0. The van der Waals surface area contributed by atoms with Crippen LogP contribution >= 0.6 is 23.2 Å². The highest BCUT2D eigenvalue weighted by atomic mass is 35.5. The smallest absolute Gasteiger partial charge is 0.323 e.